The normalized spacial score (nSPS) is 16.1. The Bertz CT molecular complexity index is 546. The first-order chi connectivity index (χ1) is 9.78. The fourth-order valence-corrected chi connectivity index (χ4v) is 3.26. The van der Waals surface area contributed by atoms with Gasteiger partial charge in [-0.15, -0.1) is 0 Å². The molecule has 0 radical (unpaired) electrons. The van der Waals surface area contributed by atoms with E-state index in [1.165, 1.54) is 23.1 Å². The van der Waals surface area contributed by atoms with Gasteiger partial charge >= 0.3 is 0 Å². The molecule has 0 fully saturated rings. The maximum atomic E-state index is 10.6. The van der Waals surface area contributed by atoms with Gasteiger partial charge in [0.1, 0.15) is 0 Å². The molecule has 1 aliphatic rings. The first-order valence-corrected chi connectivity index (χ1v) is 7.61. The molecule has 0 aromatic heterocycles. The number of hydrogen-bond donors (Lipinski definition) is 1. The van der Waals surface area contributed by atoms with Gasteiger partial charge < -0.3 is 5.11 Å². The van der Waals surface area contributed by atoms with Crippen LogP contribution < -0.4 is 0 Å². The van der Waals surface area contributed by atoms with Crippen LogP contribution in [0.3, 0.4) is 0 Å². The molecule has 0 aliphatic heterocycles. The van der Waals surface area contributed by atoms with Crippen LogP contribution in [0, 0.1) is 5.92 Å². The third kappa shape index (κ3) is 2.64. The van der Waals surface area contributed by atoms with E-state index in [-0.39, 0.29) is 6.10 Å². The molecular formula is C19H22O. The summed E-state index contributed by atoms with van der Waals surface area (Å²) in [5.41, 5.74) is 5.22. The Labute approximate surface area is 121 Å². The first kappa shape index (κ1) is 13.4. The number of aryl methyl sites for hydroxylation is 1. The highest BCUT2D eigenvalue weighted by atomic mass is 16.3. The van der Waals surface area contributed by atoms with Crippen LogP contribution in [0.1, 0.15) is 41.7 Å². The average Bonchev–Trinajstić information content (AvgIpc) is 2.91. The summed E-state index contributed by atoms with van der Waals surface area (Å²) in [6, 6.07) is 17.1. The monoisotopic (exact) mass is 266 g/mol. The number of rotatable bonds is 4. The van der Waals surface area contributed by atoms with Gasteiger partial charge in [-0.25, -0.2) is 0 Å². The quantitative estimate of drug-likeness (QED) is 0.883. The number of fused-ring (bicyclic) bond motifs is 1. The van der Waals surface area contributed by atoms with Gasteiger partial charge in [-0.05, 0) is 47.4 Å². The second kappa shape index (κ2) is 5.80. The highest BCUT2D eigenvalue weighted by molar-refractivity contribution is 5.34. The second-order valence-electron chi connectivity index (χ2n) is 5.87. The molecule has 1 atom stereocenters. The SMILES string of the molecule is CCCc1ccc(C(O)C2Cc3ccccc3C2)cc1. The summed E-state index contributed by atoms with van der Waals surface area (Å²) in [5.74, 6) is 0.324. The zero-order valence-electron chi connectivity index (χ0n) is 12.0. The summed E-state index contributed by atoms with van der Waals surface area (Å²) < 4.78 is 0. The van der Waals surface area contributed by atoms with Crippen molar-refractivity contribution in [1.82, 2.24) is 0 Å². The van der Waals surface area contributed by atoms with Crippen molar-refractivity contribution in [2.24, 2.45) is 5.92 Å². The van der Waals surface area contributed by atoms with Gasteiger partial charge in [0.15, 0.2) is 0 Å². The fourth-order valence-electron chi connectivity index (χ4n) is 3.26. The van der Waals surface area contributed by atoms with Crippen LogP contribution in [0.15, 0.2) is 48.5 Å². The van der Waals surface area contributed by atoms with E-state index in [1.54, 1.807) is 0 Å². The minimum atomic E-state index is -0.349. The Kier molecular flexibility index (Phi) is 3.88. The number of aliphatic hydroxyl groups is 1. The summed E-state index contributed by atoms with van der Waals surface area (Å²) in [6.07, 6.45) is 3.92. The lowest BCUT2D eigenvalue weighted by Crippen LogP contribution is -2.12. The molecule has 1 nitrogen and oxygen atoms in total. The molecule has 1 aliphatic carbocycles. The smallest absolute Gasteiger partial charge is 0.0824 e. The molecule has 0 heterocycles. The third-order valence-corrected chi connectivity index (χ3v) is 4.39. The zero-order chi connectivity index (χ0) is 13.9. The molecular weight excluding hydrogens is 244 g/mol. The van der Waals surface area contributed by atoms with E-state index >= 15 is 0 Å². The largest absolute Gasteiger partial charge is 0.388 e. The zero-order valence-corrected chi connectivity index (χ0v) is 12.0. The molecule has 0 saturated heterocycles. The van der Waals surface area contributed by atoms with E-state index in [9.17, 15) is 5.11 Å². The van der Waals surface area contributed by atoms with Crippen LogP contribution >= 0.6 is 0 Å². The topological polar surface area (TPSA) is 20.2 Å². The predicted octanol–water partition coefficient (Wildman–Crippen LogP) is 4.09. The van der Waals surface area contributed by atoms with Crippen molar-refractivity contribution in [3.63, 3.8) is 0 Å². The van der Waals surface area contributed by atoms with Crippen LogP contribution in [0.4, 0.5) is 0 Å². The van der Waals surface area contributed by atoms with Gasteiger partial charge in [-0.2, -0.15) is 0 Å². The molecule has 2 aromatic carbocycles. The van der Waals surface area contributed by atoms with Crippen molar-refractivity contribution < 1.29 is 5.11 Å². The minimum absolute atomic E-state index is 0.324. The number of hydrogen-bond acceptors (Lipinski definition) is 1. The lowest BCUT2D eigenvalue weighted by Gasteiger charge is -2.18. The van der Waals surface area contributed by atoms with Gasteiger partial charge in [0, 0.05) is 0 Å². The highest BCUT2D eigenvalue weighted by Gasteiger charge is 2.27. The van der Waals surface area contributed by atoms with E-state index in [1.807, 2.05) is 0 Å². The highest BCUT2D eigenvalue weighted by Crippen LogP contribution is 2.35. The Morgan fingerprint density at radius 3 is 2.15 bits per heavy atom. The average molecular weight is 266 g/mol. The van der Waals surface area contributed by atoms with E-state index in [2.05, 4.69) is 55.5 Å². The molecule has 2 aromatic rings. The standard InChI is InChI=1S/C19H22O/c1-2-5-14-8-10-15(11-9-14)19(20)18-12-16-6-3-4-7-17(16)13-18/h3-4,6-11,18-20H,2,5,12-13H2,1H3. The first-order valence-electron chi connectivity index (χ1n) is 7.61. The molecule has 1 N–H and O–H groups in total. The third-order valence-electron chi connectivity index (χ3n) is 4.39. The lowest BCUT2D eigenvalue weighted by molar-refractivity contribution is 0.113. The summed E-state index contributed by atoms with van der Waals surface area (Å²) in [5, 5.41) is 10.6. The van der Waals surface area contributed by atoms with E-state index in [4.69, 9.17) is 0 Å². The molecule has 0 spiro atoms. The van der Waals surface area contributed by atoms with Crippen molar-refractivity contribution in [3.05, 3.63) is 70.8 Å². The van der Waals surface area contributed by atoms with Crippen LogP contribution in [-0.4, -0.2) is 5.11 Å². The van der Waals surface area contributed by atoms with Crippen molar-refractivity contribution in [3.8, 4) is 0 Å². The van der Waals surface area contributed by atoms with Gasteiger partial charge in [-0.3, -0.25) is 0 Å². The van der Waals surface area contributed by atoms with E-state index in [0.717, 1.165) is 24.8 Å². The molecule has 1 heteroatoms. The van der Waals surface area contributed by atoms with Gasteiger partial charge in [0.05, 0.1) is 6.10 Å². The Hall–Kier alpha value is -1.60. The Morgan fingerprint density at radius 2 is 1.60 bits per heavy atom. The van der Waals surface area contributed by atoms with E-state index < -0.39 is 0 Å². The van der Waals surface area contributed by atoms with Crippen molar-refractivity contribution in [2.45, 2.75) is 38.7 Å². The van der Waals surface area contributed by atoms with E-state index in [0.29, 0.717) is 5.92 Å². The Morgan fingerprint density at radius 1 is 1.00 bits per heavy atom. The molecule has 0 bridgehead atoms. The van der Waals surface area contributed by atoms with Crippen molar-refractivity contribution in [1.29, 1.82) is 0 Å². The van der Waals surface area contributed by atoms with Crippen LogP contribution in [0.2, 0.25) is 0 Å². The van der Waals surface area contributed by atoms with Crippen LogP contribution in [0.5, 0.6) is 0 Å². The molecule has 0 amide bonds. The van der Waals surface area contributed by atoms with Crippen LogP contribution in [-0.2, 0) is 19.3 Å². The number of benzene rings is 2. The Balaban J connectivity index is 1.72. The maximum Gasteiger partial charge on any atom is 0.0824 e. The summed E-state index contributed by atoms with van der Waals surface area (Å²) in [6.45, 7) is 2.19. The summed E-state index contributed by atoms with van der Waals surface area (Å²) in [7, 11) is 0. The fraction of sp³-hybridized carbons (Fsp3) is 0.368. The molecule has 1 unspecified atom stereocenters. The second-order valence-corrected chi connectivity index (χ2v) is 5.87. The lowest BCUT2D eigenvalue weighted by atomic mass is 9.92. The van der Waals surface area contributed by atoms with Gasteiger partial charge in [0.25, 0.3) is 0 Å². The molecule has 3 rings (SSSR count). The summed E-state index contributed by atoms with van der Waals surface area (Å²) in [4.78, 5) is 0. The van der Waals surface area contributed by atoms with Gasteiger partial charge in [-0.1, -0.05) is 61.9 Å². The van der Waals surface area contributed by atoms with Crippen LogP contribution in [0.25, 0.3) is 0 Å². The minimum Gasteiger partial charge on any atom is -0.388 e. The summed E-state index contributed by atoms with van der Waals surface area (Å²) >= 11 is 0. The van der Waals surface area contributed by atoms with Crippen molar-refractivity contribution in [2.75, 3.05) is 0 Å². The van der Waals surface area contributed by atoms with Gasteiger partial charge in [0.2, 0.25) is 0 Å². The molecule has 20 heavy (non-hydrogen) atoms. The molecule has 0 saturated carbocycles. The predicted molar refractivity (Wildman–Crippen MR) is 82.7 cm³/mol. The number of aliphatic hydroxyl groups excluding tert-OH is 1. The maximum absolute atomic E-state index is 10.6. The van der Waals surface area contributed by atoms with Crippen molar-refractivity contribution >= 4 is 0 Å². The molecule has 104 valence electrons.